The molecule has 0 aliphatic heterocycles. The van der Waals surface area contributed by atoms with Gasteiger partial charge in [0.15, 0.2) is 28.3 Å². The van der Waals surface area contributed by atoms with Crippen LogP contribution in [0.5, 0.6) is 5.75 Å². The summed E-state index contributed by atoms with van der Waals surface area (Å²) in [5, 5.41) is 27.8. The Morgan fingerprint density at radius 1 is 1.21 bits per heavy atom. The number of aromatic carboxylic acids is 2. The van der Waals surface area contributed by atoms with Gasteiger partial charge in [0, 0.05) is 7.05 Å². The van der Waals surface area contributed by atoms with Crippen LogP contribution in [0.15, 0.2) is 0 Å². The number of hydrogen-bond acceptors (Lipinski definition) is 5. The number of carbonyl (C=O) groups is 2. The highest BCUT2D eigenvalue weighted by atomic mass is 16.4. The van der Waals surface area contributed by atoms with Crippen molar-refractivity contribution in [3.63, 3.8) is 0 Å². The molecule has 3 N–H and O–H groups in total. The molecular formula is C11H11N3O5. The van der Waals surface area contributed by atoms with E-state index in [9.17, 15) is 14.7 Å². The third-order valence-corrected chi connectivity index (χ3v) is 2.79. The van der Waals surface area contributed by atoms with Crippen molar-refractivity contribution in [3.05, 3.63) is 17.1 Å². The van der Waals surface area contributed by atoms with Gasteiger partial charge in [0.05, 0.1) is 5.69 Å². The van der Waals surface area contributed by atoms with Crippen LogP contribution in [0.4, 0.5) is 0 Å². The number of hydrogen-bond donors (Lipinski definition) is 3. The molecule has 100 valence electrons. The van der Waals surface area contributed by atoms with Crippen LogP contribution in [-0.2, 0) is 13.5 Å². The number of aromatic nitrogens is 3. The van der Waals surface area contributed by atoms with E-state index in [1.54, 1.807) is 6.92 Å². The minimum absolute atomic E-state index is 0.130. The predicted molar refractivity (Wildman–Crippen MR) is 63.5 cm³/mol. The minimum Gasteiger partial charge on any atom is -0.504 e. The van der Waals surface area contributed by atoms with E-state index in [-0.39, 0.29) is 28.2 Å². The molecule has 0 aliphatic carbocycles. The van der Waals surface area contributed by atoms with E-state index < -0.39 is 17.7 Å². The molecular weight excluding hydrogens is 254 g/mol. The van der Waals surface area contributed by atoms with Gasteiger partial charge in [0.2, 0.25) is 0 Å². The summed E-state index contributed by atoms with van der Waals surface area (Å²) in [6.07, 6.45) is 0.332. The second-order valence-electron chi connectivity index (χ2n) is 3.91. The zero-order chi connectivity index (χ0) is 14.3. The predicted octanol–water partition coefficient (Wildman–Crippen LogP) is 0.633. The molecule has 8 heteroatoms. The van der Waals surface area contributed by atoms with Gasteiger partial charge in [0.1, 0.15) is 0 Å². The monoisotopic (exact) mass is 265 g/mol. The molecule has 0 radical (unpaired) electrons. The number of rotatable bonds is 3. The largest absolute Gasteiger partial charge is 0.504 e. The quantitative estimate of drug-likeness (QED) is 0.743. The molecule has 2 heterocycles. The standard InChI is InChI=1S/C11H11N3O5/c1-3-4-5(10(16)17)13-6-8(15)7(11(18)19)14(2)9(6)12-4/h15H,3H2,1-2H3,(H,16,17)(H,18,19). The Hall–Kier alpha value is -2.64. The summed E-state index contributed by atoms with van der Waals surface area (Å²) in [6, 6.07) is 0. The summed E-state index contributed by atoms with van der Waals surface area (Å²) in [5.74, 6) is -3.19. The van der Waals surface area contributed by atoms with Crippen LogP contribution >= 0.6 is 0 Å². The normalized spacial score (nSPS) is 10.8. The first-order chi connectivity index (χ1) is 8.88. The maximum atomic E-state index is 11.1. The van der Waals surface area contributed by atoms with Gasteiger partial charge in [-0.1, -0.05) is 6.92 Å². The van der Waals surface area contributed by atoms with E-state index in [0.29, 0.717) is 6.42 Å². The highest BCUT2D eigenvalue weighted by Gasteiger charge is 2.25. The highest BCUT2D eigenvalue weighted by molar-refractivity contribution is 5.99. The Labute approximate surface area is 107 Å². The van der Waals surface area contributed by atoms with Gasteiger partial charge in [-0.3, -0.25) is 0 Å². The van der Waals surface area contributed by atoms with Gasteiger partial charge < -0.3 is 19.9 Å². The number of carboxylic acids is 2. The van der Waals surface area contributed by atoms with Crippen LogP contribution in [0.3, 0.4) is 0 Å². The Bertz CT molecular complexity index is 704. The first kappa shape index (κ1) is 12.8. The van der Waals surface area contributed by atoms with Gasteiger partial charge in [-0.05, 0) is 6.42 Å². The van der Waals surface area contributed by atoms with Crippen LogP contribution in [0.25, 0.3) is 11.2 Å². The average molecular weight is 265 g/mol. The molecule has 0 spiro atoms. The zero-order valence-corrected chi connectivity index (χ0v) is 10.2. The molecule has 0 saturated heterocycles. The van der Waals surface area contributed by atoms with Crippen molar-refractivity contribution < 1.29 is 24.9 Å². The molecule has 0 saturated carbocycles. The van der Waals surface area contributed by atoms with E-state index >= 15 is 0 Å². The molecule has 0 bridgehead atoms. The van der Waals surface area contributed by atoms with Crippen LogP contribution < -0.4 is 0 Å². The average Bonchev–Trinajstić information content (AvgIpc) is 2.59. The Morgan fingerprint density at radius 3 is 2.32 bits per heavy atom. The zero-order valence-electron chi connectivity index (χ0n) is 10.2. The lowest BCUT2D eigenvalue weighted by Gasteiger charge is -2.03. The van der Waals surface area contributed by atoms with E-state index in [1.807, 2.05) is 0 Å². The first-order valence-electron chi connectivity index (χ1n) is 5.43. The molecule has 2 aromatic rings. The number of carboxylic acid groups (broad SMARTS) is 2. The summed E-state index contributed by atoms with van der Waals surface area (Å²) < 4.78 is 1.17. The van der Waals surface area contributed by atoms with Gasteiger partial charge in [-0.25, -0.2) is 19.6 Å². The highest BCUT2D eigenvalue weighted by Crippen LogP contribution is 2.29. The first-order valence-corrected chi connectivity index (χ1v) is 5.43. The Kier molecular flexibility index (Phi) is 2.85. The van der Waals surface area contributed by atoms with Crippen LogP contribution in [0.2, 0.25) is 0 Å². The number of fused-ring (bicyclic) bond motifs is 1. The number of nitrogens with zero attached hydrogens (tertiary/aromatic N) is 3. The smallest absolute Gasteiger partial charge is 0.356 e. The van der Waals surface area contributed by atoms with Crippen molar-refractivity contribution in [1.29, 1.82) is 0 Å². The Balaban J connectivity index is 2.90. The lowest BCUT2D eigenvalue weighted by Crippen LogP contribution is -2.09. The van der Waals surface area contributed by atoms with E-state index in [1.165, 1.54) is 11.6 Å². The number of aryl methyl sites for hydroxylation is 2. The molecule has 0 aliphatic rings. The van der Waals surface area contributed by atoms with Gasteiger partial charge in [0.25, 0.3) is 0 Å². The fraction of sp³-hybridized carbons (Fsp3) is 0.273. The minimum atomic E-state index is -1.34. The van der Waals surface area contributed by atoms with Crippen LogP contribution in [0, 0.1) is 0 Å². The number of aromatic hydroxyl groups is 1. The topological polar surface area (TPSA) is 126 Å². The molecule has 19 heavy (non-hydrogen) atoms. The maximum Gasteiger partial charge on any atom is 0.356 e. The van der Waals surface area contributed by atoms with Crippen molar-refractivity contribution in [3.8, 4) is 5.75 Å². The molecule has 0 fully saturated rings. The van der Waals surface area contributed by atoms with Crippen LogP contribution in [0.1, 0.15) is 33.6 Å². The lowest BCUT2D eigenvalue weighted by atomic mass is 10.2. The third-order valence-electron chi connectivity index (χ3n) is 2.79. The molecule has 0 unspecified atom stereocenters. The maximum absolute atomic E-state index is 11.1. The lowest BCUT2D eigenvalue weighted by molar-refractivity contribution is 0.0675. The molecule has 0 atom stereocenters. The van der Waals surface area contributed by atoms with E-state index in [2.05, 4.69) is 9.97 Å². The fourth-order valence-electron chi connectivity index (χ4n) is 1.89. The third kappa shape index (κ3) is 1.77. The fourth-order valence-corrected chi connectivity index (χ4v) is 1.89. The molecule has 8 nitrogen and oxygen atoms in total. The van der Waals surface area contributed by atoms with Crippen molar-refractivity contribution in [2.45, 2.75) is 13.3 Å². The van der Waals surface area contributed by atoms with Crippen molar-refractivity contribution in [1.82, 2.24) is 14.5 Å². The van der Waals surface area contributed by atoms with Gasteiger partial charge >= 0.3 is 11.9 Å². The van der Waals surface area contributed by atoms with Crippen LogP contribution in [-0.4, -0.2) is 41.8 Å². The van der Waals surface area contributed by atoms with Gasteiger partial charge in [-0.2, -0.15) is 0 Å². The summed E-state index contributed by atoms with van der Waals surface area (Å²) in [6.45, 7) is 1.71. The SMILES string of the molecule is CCc1nc2c(nc1C(=O)O)c(O)c(C(=O)O)n2C. The molecule has 2 aromatic heterocycles. The second-order valence-corrected chi connectivity index (χ2v) is 3.91. The van der Waals surface area contributed by atoms with E-state index in [0.717, 1.165) is 0 Å². The summed E-state index contributed by atoms with van der Waals surface area (Å²) >= 11 is 0. The molecule has 0 aromatic carbocycles. The summed E-state index contributed by atoms with van der Waals surface area (Å²) in [5.41, 5.74) is -0.420. The molecule has 2 rings (SSSR count). The summed E-state index contributed by atoms with van der Waals surface area (Å²) in [4.78, 5) is 30.0. The van der Waals surface area contributed by atoms with Crippen molar-refractivity contribution >= 4 is 23.1 Å². The van der Waals surface area contributed by atoms with E-state index in [4.69, 9.17) is 10.2 Å². The second kappa shape index (κ2) is 4.23. The summed E-state index contributed by atoms with van der Waals surface area (Å²) in [7, 11) is 1.42. The Morgan fingerprint density at radius 2 is 1.84 bits per heavy atom. The van der Waals surface area contributed by atoms with Gasteiger partial charge in [-0.15, -0.1) is 0 Å². The molecule has 0 amide bonds. The van der Waals surface area contributed by atoms with Crippen molar-refractivity contribution in [2.75, 3.05) is 0 Å². The van der Waals surface area contributed by atoms with Crippen molar-refractivity contribution in [2.24, 2.45) is 7.05 Å².